The molecule has 0 bridgehead atoms. The van der Waals surface area contributed by atoms with E-state index < -0.39 is 7.60 Å². The quantitative estimate of drug-likeness (QED) is 0.398. The van der Waals surface area contributed by atoms with Crippen molar-refractivity contribution < 1.29 is 14.0 Å². The van der Waals surface area contributed by atoms with Crippen LogP contribution >= 0.6 is 7.60 Å². The summed E-state index contributed by atoms with van der Waals surface area (Å²) in [5, 5.41) is 0. The smallest absolute Gasteiger partial charge is 0.324 e. The topological polar surface area (TPSA) is 46.5 Å². The van der Waals surface area contributed by atoms with Crippen LogP contribution in [0.1, 0.15) is 78.6 Å². The highest BCUT2D eigenvalue weighted by Crippen LogP contribution is 2.44. The van der Waals surface area contributed by atoms with Crippen molar-refractivity contribution in [2.45, 2.75) is 84.7 Å². The van der Waals surface area contributed by atoms with Crippen molar-refractivity contribution in [3.05, 3.63) is 0 Å². The van der Waals surface area contributed by atoms with Crippen molar-refractivity contribution in [1.82, 2.24) is 0 Å². The van der Waals surface area contributed by atoms with Gasteiger partial charge in [0.2, 0.25) is 0 Å². The Morgan fingerprint density at radius 3 is 2.11 bits per heavy atom. The van der Waals surface area contributed by atoms with E-state index in [4.69, 9.17) is 4.52 Å². The molecule has 1 N–H and O–H groups in total. The molecular formula is C14H31O3P. The van der Waals surface area contributed by atoms with Gasteiger partial charge in [0.15, 0.2) is 0 Å². The van der Waals surface area contributed by atoms with Crippen molar-refractivity contribution in [3.63, 3.8) is 0 Å². The van der Waals surface area contributed by atoms with Gasteiger partial charge in [-0.05, 0) is 19.8 Å². The number of hydrogen-bond donors (Lipinski definition) is 1. The zero-order valence-electron chi connectivity index (χ0n) is 12.4. The Kier molecular flexibility index (Phi) is 11.1. The van der Waals surface area contributed by atoms with Gasteiger partial charge < -0.3 is 9.42 Å². The minimum atomic E-state index is -3.34. The van der Waals surface area contributed by atoms with Gasteiger partial charge >= 0.3 is 7.60 Å². The van der Waals surface area contributed by atoms with Gasteiger partial charge in [0.25, 0.3) is 0 Å². The molecule has 0 radical (unpaired) electrons. The monoisotopic (exact) mass is 278 g/mol. The van der Waals surface area contributed by atoms with Crippen molar-refractivity contribution >= 4 is 7.60 Å². The summed E-state index contributed by atoms with van der Waals surface area (Å²) in [4.78, 5) is 9.72. The first kappa shape index (κ1) is 18.1. The highest BCUT2D eigenvalue weighted by Gasteiger charge is 2.21. The lowest BCUT2D eigenvalue weighted by Crippen LogP contribution is -2.08. The third kappa shape index (κ3) is 11.3. The van der Waals surface area contributed by atoms with Gasteiger partial charge in [-0.3, -0.25) is 4.57 Å². The van der Waals surface area contributed by atoms with E-state index in [-0.39, 0.29) is 6.10 Å². The van der Waals surface area contributed by atoms with Crippen molar-refractivity contribution in [3.8, 4) is 0 Å². The lowest BCUT2D eigenvalue weighted by atomic mass is 10.1. The van der Waals surface area contributed by atoms with Crippen LogP contribution < -0.4 is 0 Å². The number of rotatable bonds is 12. The molecule has 0 amide bonds. The standard InChI is InChI=1S/C14H31O3P/c1-4-6-8-10-12-14(3)17-18(15,16)13-11-9-7-5-2/h14H,4-13H2,1-3H3,(H,15,16). The average Bonchev–Trinajstić information content (AvgIpc) is 2.30. The van der Waals surface area contributed by atoms with Gasteiger partial charge in [-0.15, -0.1) is 0 Å². The van der Waals surface area contributed by atoms with E-state index in [0.29, 0.717) is 6.16 Å². The van der Waals surface area contributed by atoms with Gasteiger partial charge in [0, 0.05) is 6.16 Å². The van der Waals surface area contributed by atoms with E-state index in [1.165, 1.54) is 19.3 Å². The molecular weight excluding hydrogens is 247 g/mol. The molecule has 18 heavy (non-hydrogen) atoms. The molecule has 0 rings (SSSR count). The Hall–Kier alpha value is 0.150. The zero-order valence-corrected chi connectivity index (χ0v) is 13.3. The Morgan fingerprint density at radius 1 is 1.00 bits per heavy atom. The number of hydrogen-bond acceptors (Lipinski definition) is 2. The second kappa shape index (κ2) is 11.0. The molecule has 0 aliphatic rings. The Labute approximate surface area is 113 Å². The molecule has 0 spiro atoms. The van der Waals surface area contributed by atoms with Crippen LogP contribution in [0, 0.1) is 0 Å². The maximum absolute atomic E-state index is 11.8. The first-order valence-electron chi connectivity index (χ1n) is 7.52. The fraction of sp³-hybridized carbons (Fsp3) is 1.00. The predicted octanol–water partition coefficient (Wildman–Crippen LogP) is 5.13. The van der Waals surface area contributed by atoms with Gasteiger partial charge in [-0.25, -0.2) is 0 Å². The van der Waals surface area contributed by atoms with Crippen molar-refractivity contribution in [1.29, 1.82) is 0 Å². The molecule has 0 aromatic carbocycles. The second-order valence-corrected chi connectivity index (χ2v) is 7.12. The SMILES string of the molecule is CCCCCCC(C)OP(=O)(O)CCCCCC. The van der Waals surface area contributed by atoms with Gasteiger partial charge in [-0.1, -0.05) is 58.8 Å². The molecule has 110 valence electrons. The summed E-state index contributed by atoms with van der Waals surface area (Å²) in [7, 11) is -3.34. The van der Waals surface area contributed by atoms with E-state index in [1.807, 2.05) is 6.92 Å². The first-order valence-corrected chi connectivity index (χ1v) is 9.28. The van der Waals surface area contributed by atoms with Crippen molar-refractivity contribution in [2.24, 2.45) is 0 Å². The third-order valence-electron chi connectivity index (χ3n) is 3.10. The van der Waals surface area contributed by atoms with E-state index in [1.54, 1.807) is 0 Å². The summed E-state index contributed by atoms with van der Waals surface area (Å²) in [5.74, 6) is 0. The molecule has 2 unspecified atom stereocenters. The Morgan fingerprint density at radius 2 is 1.56 bits per heavy atom. The lowest BCUT2D eigenvalue weighted by Gasteiger charge is -2.17. The second-order valence-electron chi connectivity index (χ2n) is 5.19. The largest absolute Gasteiger partial charge is 0.328 e. The number of unbranched alkanes of at least 4 members (excludes halogenated alkanes) is 6. The maximum Gasteiger partial charge on any atom is 0.328 e. The summed E-state index contributed by atoms with van der Waals surface area (Å²) < 4.78 is 17.1. The molecule has 4 heteroatoms. The molecule has 2 atom stereocenters. The van der Waals surface area contributed by atoms with Crippen LogP contribution in [0.15, 0.2) is 0 Å². The highest BCUT2D eigenvalue weighted by molar-refractivity contribution is 7.52. The summed E-state index contributed by atoms with van der Waals surface area (Å²) >= 11 is 0. The summed E-state index contributed by atoms with van der Waals surface area (Å²) in [6.07, 6.45) is 9.93. The Bertz CT molecular complexity index is 231. The first-order chi connectivity index (χ1) is 8.52. The minimum absolute atomic E-state index is 0.0936. The van der Waals surface area contributed by atoms with Crippen molar-refractivity contribution in [2.75, 3.05) is 6.16 Å². The summed E-state index contributed by atoms with van der Waals surface area (Å²) in [5.41, 5.74) is 0. The lowest BCUT2D eigenvalue weighted by molar-refractivity contribution is 0.177. The third-order valence-corrected chi connectivity index (χ3v) is 4.67. The molecule has 0 saturated heterocycles. The fourth-order valence-electron chi connectivity index (χ4n) is 1.98. The van der Waals surface area contributed by atoms with Crippen LogP contribution in [-0.4, -0.2) is 17.2 Å². The van der Waals surface area contributed by atoms with Gasteiger partial charge in [0.05, 0.1) is 6.10 Å². The highest BCUT2D eigenvalue weighted by atomic mass is 31.2. The van der Waals surface area contributed by atoms with E-state index in [0.717, 1.165) is 38.5 Å². The van der Waals surface area contributed by atoms with Gasteiger partial charge in [-0.2, -0.15) is 0 Å². The molecule has 0 aliphatic carbocycles. The van der Waals surface area contributed by atoms with Gasteiger partial charge in [0.1, 0.15) is 0 Å². The molecule has 0 saturated carbocycles. The average molecular weight is 278 g/mol. The Balaban J connectivity index is 3.68. The molecule has 3 nitrogen and oxygen atoms in total. The van der Waals surface area contributed by atoms with E-state index in [9.17, 15) is 9.46 Å². The summed E-state index contributed by atoms with van der Waals surface area (Å²) in [6, 6.07) is 0. The van der Waals surface area contributed by atoms with E-state index >= 15 is 0 Å². The van der Waals surface area contributed by atoms with Crippen LogP contribution in [0.25, 0.3) is 0 Å². The summed E-state index contributed by atoms with van der Waals surface area (Å²) in [6.45, 7) is 6.21. The zero-order chi connectivity index (χ0) is 13.9. The van der Waals surface area contributed by atoms with Crippen LogP contribution in [0.2, 0.25) is 0 Å². The van der Waals surface area contributed by atoms with Crippen LogP contribution in [-0.2, 0) is 9.09 Å². The molecule has 0 aliphatic heterocycles. The van der Waals surface area contributed by atoms with Crippen LogP contribution in [0.3, 0.4) is 0 Å². The molecule has 0 heterocycles. The minimum Gasteiger partial charge on any atom is -0.324 e. The fourth-order valence-corrected chi connectivity index (χ4v) is 3.38. The molecule has 0 aromatic rings. The van der Waals surface area contributed by atoms with Crippen LogP contribution in [0.4, 0.5) is 0 Å². The molecule has 0 aromatic heterocycles. The maximum atomic E-state index is 11.8. The van der Waals surface area contributed by atoms with Crippen LogP contribution in [0.5, 0.6) is 0 Å². The predicted molar refractivity (Wildman–Crippen MR) is 78.1 cm³/mol. The molecule has 0 fully saturated rings. The van der Waals surface area contributed by atoms with E-state index in [2.05, 4.69) is 13.8 Å². The normalized spacial score (nSPS) is 16.4.